The van der Waals surface area contributed by atoms with Gasteiger partial charge < -0.3 is 14.8 Å². The van der Waals surface area contributed by atoms with Crippen molar-refractivity contribution in [1.82, 2.24) is 0 Å². The van der Waals surface area contributed by atoms with Crippen molar-refractivity contribution in [3.8, 4) is 11.5 Å². The SMILES string of the molecule is COc1ccc(NCc2ccc(NS(=O)(=O)C(C)C)cc2)cc1OC. The maximum Gasteiger partial charge on any atom is 0.235 e. The first-order chi connectivity index (χ1) is 11.9. The third kappa shape index (κ3) is 5.03. The average molecular weight is 364 g/mol. The normalized spacial score (nSPS) is 11.2. The summed E-state index contributed by atoms with van der Waals surface area (Å²) in [6, 6.07) is 12.9. The second kappa shape index (κ2) is 8.11. The predicted octanol–water partition coefficient (Wildman–Crippen LogP) is 3.47. The van der Waals surface area contributed by atoms with Crippen LogP contribution >= 0.6 is 0 Å². The molecule has 0 fully saturated rings. The highest BCUT2D eigenvalue weighted by molar-refractivity contribution is 7.93. The Morgan fingerprint density at radius 1 is 0.920 bits per heavy atom. The summed E-state index contributed by atoms with van der Waals surface area (Å²) >= 11 is 0. The Hall–Kier alpha value is -2.41. The monoisotopic (exact) mass is 364 g/mol. The van der Waals surface area contributed by atoms with Crippen LogP contribution in [0.3, 0.4) is 0 Å². The quantitative estimate of drug-likeness (QED) is 0.750. The zero-order valence-corrected chi connectivity index (χ0v) is 15.7. The van der Waals surface area contributed by atoms with Crippen molar-refractivity contribution >= 4 is 21.4 Å². The molecule has 25 heavy (non-hydrogen) atoms. The van der Waals surface area contributed by atoms with E-state index in [9.17, 15) is 8.42 Å². The fourth-order valence-electron chi connectivity index (χ4n) is 2.12. The van der Waals surface area contributed by atoms with Gasteiger partial charge in [-0.15, -0.1) is 0 Å². The highest BCUT2D eigenvalue weighted by Gasteiger charge is 2.15. The third-order valence-electron chi connectivity index (χ3n) is 3.71. The van der Waals surface area contributed by atoms with Crippen molar-refractivity contribution in [2.45, 2.75) is 25.6 Å². The lowest BCUT2D eigenvalue weighted by Crippen LogP contribution is -2.22. The van der Waals surface area contributed by atoms with Gasteiger partial charge in [0.25, 0.3) is 0 Å². The van der Waals surface area contributed by atoms with E-state index in [1.807, 2.05) is 30.3 Å². The number of hydrogen-bond donors (Lipinski definition) is 2. The molecule has 2 aromatic rings. The van der Waals surface area contributed by atoms with Crippen molar-refractivity contribution in [1.29, 1.82) is 0 Å². The summed E-state index contributed by atoms with van der Waals surface area (Å²) in [6.07, 6.45) is 0. The van der Waals surface area contributed by atoms with Crippen molar-refractivity contribution in [3.63, 3.8) is 0 Å². The molecular weight excluding hydrogens is 340 g/mol. The number of methoxy groups -OCH3 is 2. The van der Waals surface area contributed by atoms with E-state index in [1.165, 1.54) is 0 Å². The van der Waals surface area contributed by atoms with Crippen LogP contribution in [0.25, 0.3) is 0 Å². The Morgan fingerprint density at radius 3 is 2.08 bits per heavy atom. The maximum absolute atomic E-state index is 11.9. The van der Waals surface area contributed by atoms with Gasteiger partial charge in [0.2, 0.25) is 10.0 Å². The van der Waals surface area contributed by atoms with Gasteiger partial charge >= 0.3 is 0 Å². The maximum atomic E-state index is 11.9. The van der Waals surface area contributed by atoms with Gasteiger partial charge in [0, 0.05) is 24.0 Å². The summed E-state index contributed by atoms with van der Waals surface area (Å²) in [6.45, 7) is 3.89. The zero-order valence-electron chi connectivity index (χ0n) is 14.9. The fraction of sp³-hybridized carbons (Fsp3) is 0.333. The van der Waals surface area contributed by atoms with E-state index >= 15 is 0 Å². The molecule has 0 spiro atoms. The van der Waals surface area contributed by atoms with Gasteiger partial charge in [0.1, 0.15) is 0 Å². The zero-order chi connectivity index (χ0) is 18.4. The molecule has 0 heterocycles. The van der Waals surface area contributed by atoms with E-state index in [-0.39, 0.29) is 0 Å². The van der Waals surface area contributed by atoms with E-state index in [0.717, 1.165) is 11.3 Å². The highest BCUT2D eigenvalue weighted by atomic mass is 32.2. The number of hydrogen-bond acceptors (Lipinski definition) is 5. The molecule has 2 aromatic carbocycles. The Morgan fingerprint density at radius 2 is 1.52 bits per heavy atom. The molecule has 136 valence electrons. The van der Waals surface area contributed by atoms with E-state index in [1.54, 1.807) is 40.2 Å². The molecule has 0 amide bonds. The lowest BCUT2D eigenvalue weighted by atomic mass is 10.2. The number of nitrogens with one attached hydrogen (secondary N) is 2. The molecule has 0 radical (unpaired) electrons. The first-order valence-corrected chi connectivity index (χ1v) is 9.47. The first kappa shape index (κ1) is 18.9. The number of benzene rings is 2. The summed E-state index contributed by atoms with van der Waals surface area (Å²) in [5.74, 6) is 1.33. The standard InChI is InChI=1S/C18H24N2O4S/c1-13(2)25(21,22)20-15-7-5-14(6-8-15)12-19-16-9-10-17(23-3)18(11-16)24-4/h5-11,13,19-20H,12H2,1-4H3. The second-order valence-electron chi connectivity index (χ2n) is 5.82. The van der Waals surface area contributed by atoms with Gasteiger partial charge in [-0.25, -0.2) is 8.42 Å². The number of anilines is 2. The van der Waals surface area contributed by atoms with Crippen LogP contribution in [0.15, 0.2) is 42.5 Å². The summed E-state index contributed by atoms with van der Waals surface area (Å²) in [5.41, 5.74) is 2.49. The van der Waals surface area contributed by atoms with E-state index < -0.39 is 15.3 Å². The summed E-state index contributed by atoms with van der Waals surface area (Å²) in [5, 5.41) is 2.83. The molecule has 0 unspecified atom stereocenters. The first-order valence-electron chi connectivity index (χ1n) is 7.92. The second-order valence-corrected chi connectivity index (χ2v) is 8.05. The summed E-state index contributed by atoms with van der Waals surface area (Å²) in [4.78, 5) is 0. The van der Waals surface area contributed by atoms with Gasteiger partial charge in [-0.2, -0.15) is 0 Å². The number of rotatable bonds is 8. The molecule has 7 heteroatoms. The van der Waals surface area contributed by atoms with Gasteiger partial charge in [-0.05, 0) is 43.7 Å². The highest BCUT2D eigenvalue weighted by Crippen LogP contribution is 2.29. The van der Waals surface area contributed by atoms with Crippen molar-refractivity contribution in [2.75, 3.05) is 24.3 Å². The van der Waals surface area contributed by atoms with Crippen molar-refractivity contribution in [2.24, 2.45) is 0 Å². The van der Waals surface area contributed by atoms with E-state index in [2.05, 4.69) is 10.0 Å². The van der Waals surface area contributed by atoms with Crippen LogP contribution in [0.5, 0.6) is 11.5 Å². The summed E-state index contributed by atoms with van der Waals surface area (Å²) < 4.78 is 36.8. The lowest BCUT2D eigenvalue weighted by Gasteiger charge is -2.13. The van der Waals surface area contributed by atoms with Gasteiger partial charge in [-0.3, -0.25) is 4.72 Å². The minimum Gasteiger partial charge on any atom is -0.493 e. The number of sulfonamides is 1. The van der Waals surface area contributed by atoms with Crippen molar-refractivity contribution < 1.29 is 17.9 Å². The Balaban J connectivity index is 2.00. The minimum atomic E-state index is -3.33. The Bertz CT molecular complexity index is 802. The molecule has 0 aromatic heterocycles. The van der Waals surface area contributed by atoms with Crippen LogP contribution in [-0.2, 0) is 16.6 Å². The molecular formula is C18H24N2O4S. The third-order valence-corrected chi connectivity index (χ3v) is 5.48. The molecule has 0 aliphatic rings. The smallest absolute Gasteiger partial charge is 0.235 e. The number of ether oxygens (including phenoxy) is 2. The molecule has 6 nitrogen and oxygen atoms in total. The van der Waals surface area contributed by atoms with E-state index in [0.29, 0.717) is 23.7 Å². The van der Waals surface area contributed by atoms with Crippen molar-refractivity contribution in [3.05, 3.63) is 48.0 Å². The van der Waals surface area contributed by atoms with E-state index in [4.69, 9.17) is 9.47 Å². The van der Waals surface area contributed by atoms with Crippen LogP contribution in [0.4, 0.5) is 11.4 Å². The molecule has 0 saturated carbocycles. The average Bonchev–Trinajstić information content (AvgIpc) is 2.60. The molecule has 0 aliphatic carbocycles. The molecule has 0 bridgehead atoms. The summed E-state index contributed by atoms with van der Waals surface area (Å²) in [7, 11) is -0.132. The lowest BCUT2D eigenvalue weighted by molar-refractivity contribution is 0.355. The predicted molar refractivity (Wildman–Crippen MR) is 101 cm³/mol. The van der Waals surface area contributed by atoms with Gasteiger partial charge in [-0.1, -0.05) is 12.1 Å². The minimum absolute atomic E-state index is 0.473. The van der Waals surface area contributed by atoms with Gasteiger partial charge in [0.05, 0.1) is 19.5 Å². The van der Waals surface area contributed by atoms with Crippen LogP contribution in [0, 0.1) is 0 Å². The Labute approximate surface area is 149 Å². The Kier molecular flexibility index (Phi) is 6.14. The van der Waals surface area contributed by atoms with Crippen LogP contribution in [0.2, 0.25) is 0 Å². The molecule has 2 N–H and O–H groups in total. The largest absolute Gasteiger partial charge is 0.493 e. The van der Waals surface area contributed by atoms with Gasteiger partial charge in [0.15, 0.2) is 11.5 Å². The molecule has 0 aliphatic heterocycles. The molecule has 0 saturated heterocycles. The van der Waals surface area contributed by atoms with Crippen LogP contribution in [0.1, 0.15) is 19.4 Å². The fourth-order valence-corrected chi connectivity index (χ4v) is 2.82. The van der Waals surface area contributed by atoms with Crippen LogP contribution in [-0.4, -0.2) is 27.9 Å². The molecule has 2 rings (SSSR count). The topological polar surface area (TPSA) is 76.7 Å². The molecule has 0 atom stereocenters. The van der Waals surface area contributed by atoms with Crippen LogP contribution < -0.4 is 19.5 Å².